The van der Waals surface area contributed by atoms with Gasteiger partial charge in [0.05, 0.1) is 19.6 Å². The summed E-state index contributed by atoms with van der Waals surface area (Å²) >= 11 is 0. The second-order valence-corrected chi connectivity index (χ2v) is 5.36. The van der Waals surface area contributed by atoms with Gasteiger partial charge >= 0.3 is 5.97 Å². The summed E-state index contributed by atoms with van der Waals surface area (Å²) in [4.78, 5) is 26.4. The van der Waals surface area contributed by atoms with Crippen molar-refractivity contribution in [3.8, 4) is 0 Å². The molecule has 1 aromatic carbocycles. The second kappa shape index (κ2) is 8.55. The van der Waals surface area contributed by atoms with Crippen LogP contribution in [0.15, 0.2) is 30.5 Å². The average Bonchev–Trinajstić information content (AvgIpc) is 2.90. The van der Waals surface area contributed by atoms with E-state index in [0.29, 0.717) is 6.42 Å². The predicted molar refractivity (Wildman–Crippen MR) is 91.5 cm³/mol. The van der Waals surface area contributed by atoms with E-state index in [-0.39, 0.29) is 36.7 Å². The van der Waals surface area contributed by atoms with Crippen molar-refractivity contribution in [1.29, 1.82) is 0 Å². The van der Waals surface area contributed by atoms with Crippen LogP contribution in [0.4, 0.5) is 0 Å². The van der Waals surface area contributed by atoms with E-state index in [1.54, 1.807) is 6.92 Å². The van der Waals surface area contributed by atoms with E-state index in [1.807, 2.05) is 30.5 Å². The number of methoxy groups -OCH3 is 1. The lowest BCUT2D eigenvalue weighted by Gasteiger charge is -2.16. The molecule has 7 heteroatoms. The second-order valence-electron chi connectivity index (χ2n) is 5.36. The fourth-order valence-electron chi connectivity index (χ4n) is 2.36. The van der Waals surface area contributed by atoms with Crippen molar-refractivity contribution in [2.45, 2.75) is 31.8 Å². The van der Waals surface area contributed by atoms with E-state index in [1.165, 1.54) is 7.11 Å². The lowest BCUT2D eigenvalue weighted by Crippen LogP contribution is -2.46. The highest BCUT2D eigenvalue weighted by atomic mass is 35.5. The molecule has 2 atom stereocenters. The Morgan fingerprint density at radius 1 is 1.35 bits per heavy atom. The zero-order chi connectivity index (χ0) is 16.1. The third kappa shape index (κ3) is 4.97. The van der Waals surface area contributed by atoms with Gasteiger partial charge in [-0.05, 0) is 25.0 Å². The molecule has 0 aliphatic carbocycles. The standard InChI is InChI=1S/C16H21N3O3.ClH/c1-10(7-15(20)22-2)19-16(21)13(17)8-11-9-18-14-6-4-3-5-12(11)14;/h3-6,9-10,13,18H,7-8,17H2,1-2H3,(H,19,21);1H/t10?,13-;/m0./s1. The Kier molecular flexibility index (Phi) is 7.06. The molecule has 23 heavy (non-hydrogen) atoms. The first-order valence-electron chi connectivity index (χ1n) is 7.19. The molecule has 0 bridgehead atoms. The monoisotopic (exact) mass is 339 g/mol. The van der Waals surface area contributed by atoms with Crippen molar-refractivity contribution in [2.24, 2.45) is 5.73 Å². The first-order chi connectivity index (χ1) is 10.5. The third-order valence-corrected chi connectivity index (χ3v) is 3.54. The zero-order valence-electron chi connectivity index (χ0n) is 13.2. The lowest BCUT2D eigenvalue weighted by molar-refractivity contribution is -0.141. The molecule has 1 heterocycles. The third-order valence-electron chi connectivity index (χ3n) is 3.54. The molecule has 2 aromatic rings. The summed E-state index contributed by atoms with van der Waals surface area (Å²) < 4.78 is 4.57. The number of nitrogens with one attached hydrogen (secondary N) is 2. The predicted octanol–water partition coefficient (Wildman–Crippen LogP) is 1.53. The van der Waals surface area contributed by atoms with Crippen molar-refractivity contribution in [3.05, 3.63) is 36.0 Å². The van der Waals surface area contributed by atoms with E-state index >= 15 is 0 Å². The van der Waals surface area contributed by atoms with Crippen LogP contribution in [0, 0.1) is 0 Å². The summed E-state index contributed by atoms with van der Waals surface area (Å²) in [5, 5.41) is 3.79. The maximum absolute atomic E-state index is 12.1. The molecule has 1 aromatic heterocycles. The molecule has 2 rings (SSSR count). The van der Waals surface area contributed by atoms with Gasteiger partial charge in [0.25, 0.3) is 0 Å². The van der Waals surface area contributed by atoms with Crippen molar-refractivity contribution in [3.63, 3.8) is 0 Å². The first-order valence-corrected chi connectivity index (χ1v) is 7.19. The highest BCUT2D eigenvalue weighted by Crippen LogP contribution is 2.18. The van der Waals surface area contributed by atoms with Gasteiger partial charge in [-0.2, -0.15) is 0 Å². The molecule has 6 nitrogen and oxygen atoms in total. The Bertz CT molecular complexity index is 671. The molecule has 126 valence electrons. The Hall–Kier alpha value is -2.05. The van der Waals surface area contributed by atoms with Crippen molar-refractivity contribution < 1.29 is 14.3 Å². The van der Waals surface area contributed by atoms with Gasteiger partial charge in [-0.25, -0.2) is 0 Å². The highest BCUT2D eigenvalue weighted by molar-refractivity contribution is 5.86. The number of aromatic amines is 1. The molecular weight excluding hydrogens is 318 g/mol. The number of halogens is 1. The van der Waals surface area contributed by atoms with Crippen LogP contribution in [0.25, 0.3) is 10.9 Å². The number of para-hydroxylation sites is 1. The van der Waals surface area contributed by atoms with Gasteiger partial charge in [0.1, 0.15) is 0 Å². The van der Waals surface area contributed by atoms with Crippen LogP contribution in [0.3, 0.4) is 0 Å². The van der Waals surface area contributed by atoms with Gasteiger partial charge in [-0.3, -0.25) is 9.59 Å². The van der Waals surface area contributed by atoms with Crippen molar-refractivity contribution in [2.75, 3.05) is 7.11 Å². The summed E-state index contributed by atoms with van der Waals surface area (Å²) in [6.07, 6.45) is 2.43. The van der Waals surface area contributed by atoms with Crippen LogP contribution in [-0.2, 0) is 20.7 Å². The maximum atomic E-state index is 12.1. The largest absolute Gasteiger partial charge is 0.469 e. The van der Waals surface area contributed by atoms with Crippen molar-refractivity contribution >= 4 is 35.2 Å². The Morgan fingerprint density at radius 3 is 2.74 bits per heavy atom. The summed E-state index contributed by atoms with van der Waals surface area (Å²) in [6.45, 7) is 1.74. The topological polar surface area (TPSA) is 97.2 Å². The lowest BCUT2D eigenvalue weighted by atomic mass is 10.0. The van der Waals surface area contributed by atoms with Gasteiger partial charge in [0, 0.05) is 23.1 Å². The highest BCUT2D eigenvalue weighted by Gasteiger charge is 2.19. The number of hydrogen-bond acceptors (Lipinski definition) is 4. The number of hydrogen-bond donors (Lipinski definition) is 3. The number of amides is 1. The molecule has 0 aliphatic heterocycles. The van der Waals surface area contributed by atoms with Crippen LogP contribution >= 0.6 is 12.4 Å². The number of H-pyrrole nitrogens is 1. The van der Waals surface area contributed by atoms with E-state index in [4.69, 9.17) is 5.73 Å². The van der Waals surface area contributed by atoms with E-state index in [2.05, 4.69) is 15.0 Å². The number of carbonyl (C=O) groups excluding carboxylic acids is 2. The molecule has 0 spiro atoms. The number of esters is 1. The van der Waals surface area contributed by atoms with Crippen LogP contribution < -0.4 is 11.1 Å². The minimum absolute atomic E-state index is 0. The summed E-state index contributed by atoms with van der Waals surface area (Å²) in [5.41, 5.74) is 7.99. The number of benzene rings is 1. The number of carbonyl (C=O) groups is 2. The van der Waals surface area contributed by atoms with Gasteiger partial charge in [-0.15, -0.1) is 12.4 Å². The molecule has 0 fully saturated rings. The summed E-state index contributed by atoms with van der Waals surface area (Å²) in [5.74, 6) is -0.639. The number of rotatable bonds is 6. The van der Waals surface area contributed by atoms with Crippen LogP contribution in [0.5, 0.6) is 0 Å². The smallest absolute Gasteiger partial charge is 0.307 e. The number of nitrogens with two attached hydrogens (primary N) is 1. The Balaban J connectivity index is 0.00000264. The van der Waals surface area contributed by atoms with E-state index < -0.39 is 6.04 Å². The SMILES string of the molecule is COC(=O)CC(C)NC(=O)[C@@H](N)Cc1c[nH]c2ccccc12.Cl. The molecule has 1 unspecified atom stereocenters. The fraction of sp³-hybridized carbons (Fsp3) is 0.375. The van der Waals surface area contributed by atoms with E-state index in [9.17, 15) is 9.59 Å². The van der Waals surface area contributed by atoms with Gasteiger partial charge < -0.3 is 20.8 Å². The number of fused-ring (bicyclic) bond motifs is 1. The Labute approximate surface area is 141 Å². The molecule has 4 N–H and O–H groups in total. The maximum Gasteiger partial charge on any atom is 0.307 e. The number of aromatic nitrogens is 1. The minimum Gasteiger partial charge on any atom is -0.469 e. The molecular formula is C16H22ClN3O3. The molecule has 0 aliphatic rings. The van der Waals surface area contributed by atoms with Crippen molar-refractivity contribution in [1.82, 2.24) is 10.3 Å². The fourth-order valence-corrected chi connectivity index (χ4v) is 2.36. The minimum atomic E-state index is -0.667. The van der Waals surface area contributed by atoms with E-state index in [0.717, 1.165) is 16.5 Å². The number of ether oxygens (including phenoxy) is 1. The van der Waals surface area contributed by atoms with Gasteiger partial charge in [-0.1, -0.05) is 18.2 Å². The van der Waals surface area contributed by atoms with Gasteiger partial charge in [0.2, 0.25) is 5.91 Å². The van der Waals surface area contributed by atoms with Crippen LogP contribution in [0.2, 0.25) is 0 Å². The average molecular weight is 340 g/mol. The van der Waals surface area contributed by atoms with Crippen LogP contribution in [-0.4, -0.2) is 36.1 Å². The van der Waals surface area contributed by atoms with Crippen LogP contribution in [0.1, 0.15) is 18.9 Å². The summed E-state index contributed by atoms with van der Waals surface area (Å²) in [7, 11) is 1.32. The normalized spacial score (nSPS) is 13.0. The molecule has 1 amide bonds. The summed E-state index contributed by atoms with van der Waals surface area (Å²) in [6, 6.07) is 6.88. The molecule has 0 radical (unpaired) electrons. The first kappa shape index (κ1) is 19.0. The molecule has 0 saturated carbocycles. The van der Waals surface area contributed by atoms with Gasteiger partial charge in [0.15, 0.2) is 0 Å². The molecule has 0 saturated heterocycles. The zero-order valence-corrected chi connectivity index (χ0v) is 14.0. The quantitative estimate of drug-likeness (QED) is 0.695. The Morgan fingerprint density at radius 2 is 2.04 bits per heavy atom.